The van der Waals surface area contributed by atoms with Gasteiger partial charge >= 0.3 is 0 Å². The molecule has 1 unspecified atom stereocenters. The summed E-state index contributed by atoms with van der Waals surface area (Å²) in [5.41, 5.74) is 3.82. The highest BCUT2D eigenvalue weighted by Crippen LogP contribution is 2.37. The molecule has 2 aromatic rings. The van der Waals surface area contributed by atoms with Crippen LogP contribution in [0, 0.1) is 11.2 Å². The highest BCUT2D eigenvalue weighted by Gasteiger charge is 2.16. The molecule has 0 aliphatic rings. The molecular formula is C16H17FIN4OP. The summed E-state index contributed by atoms with van der Waals surface area (Å²) in [6.45, 7) is 0.124. The molecule has 8 heteroatoms. The van der Waals surface area contributed by atoms with Gasteiger partial charge in [-0.05, 0) is 58.4 Å². The molecule has 1 atom stereocenters. The molecule has 5 nitrogen and oxygen atoms in total. The first kappa shape index (κ1) is 18.6. The highest BCUT2D eigenvalue weighted by atomic mass is 127. The Bertz CT molecular complexity index is 727. The molecule has 0 saturated heterocycles. The normalized spacial score (nSPS) is 10.6. The number of halogens is 2. The lowest BCUT2D eigenvalue weighted by Crippen LogP contribution is -2.21. The number of hydrogen-bond acceptors (Lipinski definition) is 5. The molecule has 0 aliphatic heterocycles. The van der Waals surface area contributed by atoms with Crippen LogP contribution < -0.4 is 15.3 Å². The molecule has 126 valence electrons. The van der Waals surface area contributed by atoms with E-state index in [1.807, 2.05) is 12.1 Å². The Labute approximate surface area is 154 Å². The zero-order valence-corrected chi connectivity index (χ0v) is 16.1. The van der Waals surface area contributed by atoms with Crippen molar-refractivity contribution in [2.24, 2.45) is 0 Å². The SMILES string of the molecule is CNc1cc(NPI)c(C=N)cc1N(CC=O)c1ccc(F)cc1. The lowest BCUT2D eigenvalue weighted by atomic mass is 10.1. The molecule has 0 saturated carbocycles. The third kappa shape index (κ3) is 4.21. The van der Waals surface area contributed by atoms with Gasteiger partial charge in [-0.1, -0.05) is 0 Å². The summed E-state index contributed by atoms with van der Waals surface area (Å²) < 4.78 is 13.2. The molecule has 0 bridgehead atoms. The minimum atomic E-state index is -0.332. The summed E-state index contributed by atoms with van der Waals surface area (Å²) >= 11 is 2.22. The Morgan fingerprint density at radius 2 is 2.00 bits per heavy atom. The van der Waals surface area contributed by atoms with Gasteiger partial charge in [-0.2, -0.15) is 0 Å². The van der Waals surface area contributed by atoms with E-state index in [0.717, 1.165) is 23.3 Å². The maximum atomic E-state index is 13.2. The maximum absolute atomic E-state index is 13.2. The van der Waals surface area contributed by atoms with Gasteiger partial charge in [0.2, 0.25) is 0 Å². The van der Waals surface area contributed by atoms with Crippen molar-refractivity contribution in [1.29, 1.82) is 5.41 Å². The highest BCUT2D eigenvalue weighted by molar-refractivity contribution is 14.2. The fraction of sp³-hybridized carbons (Fsp3) is 0.125. The first-order valence-electron chi connectivity index (χ1n) is 7.09. The van der Waals surface area contributed by atoms with Gasteiger partial charge < -0.3 is 25.5 Å². The van der Waals surface area contributed by atoms with E-state index in [0.29, 0.717) is 17.6 Å². The van der Waals surface area contributed by atoms with Gasteiger partial charge in [0.1, 0.15) is 12.1 Å². The van der Waals surface area contributed by atoms with Gasteiger partial charge in [0, 0.05) is 36.6 Å². The van der Waals surface area contributed by atoms with E-state index in [9.17, 15) is 9.18 Å². The third-order valence-corrected chi connectivity index (χ3v) is 4.63. The smallest absolute Gasteiger partial charge is 0.139 e. The van der Waals surface area contributed by atoms with Gasteiger partial charge in [-0.25, -0.2) is 4.39 Å². The fourth-order valence-electron chi connectivity index (χ4n) is 2.34. The molecule has 2 aromatic carbocycles. The summed E-state index contributed by atoms with van der Waals surface area (Å²) in [7, 11) is 1.79. The van der Waals surface area contributed by atoms with Crippen LogP contribution in [0.1, 0.15) is 5.56 Å². The van der Waals surface area contributed by atoms with E-state index in [-0.39, 0.29) is 12.4 Å². The average molecular weight is 458 g/mol. The monoisotopic (exact) mass is 458 g/mol. The van der Waals surface area contributed by atoms with Crippen molar-refractivity contribution in [3.8, 4) is 0 Å². The van der Waals surface area contributed by atoms with E-state index >= 15 is 0 Å². The molecule has 0 fully saturated rings. The zero-order chi connectivity index (χ0) is 17.5. The van der Waals surface area contributed by atoms with Crippen LogP contribution in [0.4, 0.5) is 27.1 Å². The minimum absolute atomic E-state index is 0.124. The van der Waals surface area contributed by atoms with Gasteiger partial charge in [-0.3, -0.25) is 0 Å². The van der Waals surface area contributed by atoms with Crippen LogP contribution in [0.2, 0.25) is 0 Å². The number of carbonyl (C=O) groups excluding carboxylic acids is 1. The van der Waals surface area contributed by atoms with Crippen LogP contribution in [-0.2, 0) is 4.79 Å². The molecule has 3 N–H and O–H groups in total. The van der Waals surface area contributed by atoms with Gasteiger partial charge in [0.15, 0.2) is 0 Å². The quantitative estimate of drug-likeness (QED) is 0.235. The predicted molar refractivity (Wildman–Crippen MR) is 109 cm³/mol. The molecule has 0 aromatic heterocycles. The Kier molecular flexibility index (Phi) is 6.93. The van der Waals surface area contributed by atoms with Gasteiger partial charge in [0.05, 0.1) is 17.9 Å². The summed E-state index contributed by atoms with van der Waals surface area (Å²) in [4.78, 5) is 12.9. The Hall–Kier alpha value is -1.73. The van der Waals surface area contributed by atoms with Crippen LogP contribution in [0.3, 0.4) is 0 Å². The van der Waals surface area contributed by atoms with Crippen LogP contribution in [-0.4, -0.2) is 26.1 Å². The summed E-state index contributed by atoms with van der Waals surface area (Å²) in [5.74, 6) is -0.332. The van der Waals surface area contributed by atoms with Crippen molar-refractivity contribution in [3.63, 3.8) is 0 Å². The van der Waals surface area contributed by atoms with Crippen molar-refractivity contribution in [2.45, 2.75) is 0 Å². The molecular weight excluding hydrogens is 441 g/mol. The van der Waals surface area contributed by atoms with Crippen LogP contribution in [0.5, 0.6) is 0 Å². The van der Waals surface area contributed by atoms with Crippen LogP contribution >= 0.6 is 28.4 Å². The van der Waals surface area contributed by atoms with Crippen molar-refractivity contribution in [3.05, 3.63) is 47.8 Å². The number of hydrogen-bond donors (Lipinski definition) is 3. The van der Waals surface area contributed by atoms with Crippen molar-refractivity contribution in [1.82, 2.24) is 0 Å². The Morgan fingerprint density at radius 3 is 2.54 bits per heavy atom. The summed E-state index contributed by atoms with van der Waals surface area (Å²) in [6.07, 6.45) is 2.54. The lowest BCUT2D eigenvalue weighted by Gasteiger charge is -2.26. The van der Waals surface area contributed by atoms with Crippen molar-refractivity contribution in [2.75, 3.05) is 28.9 Å². The summed E-state index contributed by atoms with van der Waals surface area (Å²) in [5, 5.41) is 14.0. The Balaban J connectivity index is 2.57. The van der Waals surface area contributed by atoms with Gasteiger partial charge in [0.25, 0.3) is 0 Å². The Morgan fingerprint density at radius 1 is 1.29 bits per heavy atom. The van der Waals surface area contributed by atoms with E-state index in [4.69, 9.17) is 5.41 Å². The fourth-order valence-corrected chi connectivity index (χ4v) is 3.53. The standard InChI is InChI=1S/C16H17FIN4OP/c1-20-15-9-14(21-24-18)11(10-19)8-16(15)22(6-7-23)13-4-2-12(17)3-5-13/h2-5,7-10,19-21,24H,6H2,1H3. The molecule has 0 spiro atoms. The molecule has 0 amide bonds. The van der Waals surface area contributed by atoms with E-state index in [1.165, 1.54) is 18.3 Å². The first-order valence-corrected chi connectivity index (χ1v) is 11.2. The van der Waals surface area contributed by atoms with Crippen LogP contribution in [0.15, 0.2) is 36.4 Å². The molecule has 24 heavy (non-hydrogen) atoms. The number of nitrogens with one attached hydrogen (secondary N) is 3. The van der Waals surface area contributed by atoms with E-state index in [1.54, 1.807) is 24.1 Å². The number of carbonyl (C=O) groups is 1. The second-order valence-electron chi connectivity index (χ2n) is 4.82. The number of aldehydes is 1. The largest absolute Gasteiger partial charge is 0.386 e. The number of nitrogens with zero attached hydrogens (tertiary/aromatic N) is 1. The molecule has 0 heterocycles. The van der Waals surface area contributed by atoms with Crippen LogP contribution in [0.25, 0.3) is 0 Å². The second-order valence-corrected chi connectivity index (χ2v) is 6.88. The second kappa shape index (κ2) is 8.94. The lowest BCUT2D eigenvalue weighted by molar-refractivity contribution is -0.106. The van der Waals surface area contributed by atoms with E-state index in [2.05, 4.69) is 32.4 Å². The average Bonchev–Trinajstić information content (AvgIpc) is 2.60. The maximum Gasteiger partial charge on any atom is 0.139 e. The number of benzene rings is 2. The number of rotatable bonds is 8. The molecule has 0 aliphatic carbocycles. The molecule has 0 radical (unpaired) electrons. The predicted octanol–water partition coefficient (Wildman–Crippen LogP) is 4.56. The topological polar surface area (TPSA) is 68.2 Å². The summed E-state index contributed by atoms with van der Waals surface area (Å²) in [6, 6.07) is 9.71. The van der Waals surface area contributed by atoms with Gasteiger partial charge in [-0.15, -0.1) is 0 Å². The number of anilines is 4. The first-order chi connectivity index (χ1) is 11.6. The van der Waals surface area contributed by atoms with E-state index < -0.39 is 0 Å². The minimum Gasteiger partial charge on any atom is -0.386 e. The third-order valence-electron chi connectivity index (χ3n) is 3.46. The molecule has 2 rings (SSSR count). The van der Waals surface area contributed by atoms with Crippen molar-refractivity contribution >= 4 is 63.7 Å². The van der Waals surface area contributed by atoms with Crippen molar-refractivity contribution < 1.29 is 9.18 Å². The zero-order valence-electron chi connectivity index (χ0n) is 12.9.